The van der Waals surface area contributed by atoms with Crippen molar-refractivity contribution in [3.63, 3.8) is 0 Å². The molecular weight excluding hydrogens is 154 g/mol. The number of aliphatic hydroxyl groups is 2. The monoisotopic (exact) mass is 167 g/mol. The summed E-state index contributed by atoms with van der Waals surface area (Å²) in [7, 11) is 0. The molecule has 0 amide bonds. The van der Waals surface area contributed by atoms with Gasteiger partial charge in [0.2, 0.25) is 0 Å². The summed E-state index contributed by atoms with van der Waals surface area (Å²) in [5, 5.41) is 21.2. The lowest BCUT2D eigenvalue weighted by Crippen LogP contribution is -2.49. The van der Waals surface area contributed by atoms with Gasteiger partial charge in [0.05, 0.1) is 12.2 Å². The van der Waals surface area contributed by atoms with Crippen LogP contribution >= 0.6 is 12.4 Å². The standard InChI is InChI=1S/C6H13NO2.ClH/c1-4-2-7-3-5(8)6(4)9;/h4-9H,2-3H2,1H3;1H/t4-,5-,6+;/m1./s1. The molecule has 0 saturated carbocycles. The van der Waals surface area contributed by atoms with E-state index < -0.39 is 12.2 Å². The Hall–Kier alpha value is 0.170. The molecule has 10 heavy (non-hydrogen) atoms. The van der Waals surface area contributed by atoms with E-state index in [2.05, 4.69) is 5.32 Å². The molecule has 1 heterocycles. The molecule has 0 aromatic rings. The van der Waals surface area contributed by atoms with Crippen LogP contribution in [0.15, 0.2) is 0 Å². The van der Waals surface area contributed by atoms with E-state index in [1.807, 2.05) is 6.92 Å². The molecule has 4 heteroatoms. The van der Waals surface area contributed by atoms with Crippen LogP contribution in [0.1, 0.15) is 6.92 Å². The van der Waals surface area contributed by atoms with Gasteiger partial charge in [-0.2, -0.15) is 0 Å². The van der Waals surface area contributed by atoms with E-state index in [0.717, 1.165) is 6.54 Å². The summed E-state index contributed by atoms with van der Waals surface area (Å²) in [6, 6.07) is 0. The van der Waals surface area contributed by atoms with Crippen LogP contribution in [-0.4, -0.2) is 35.5 Å². The van der Waals surface area contributed by atoms with Crippen LogP contribution < -0.4 is 5.32 Å². The van der Waals surface area contributed by atoms with Crippen LogP contribution in [0.2, 0.25) is 0 Å². The summed E-state index contributed by atoms with van der Waals surface area (Å²) in [5.74, 6) is 0.175. The molecule has 3 nitrogen and oxygen atoms in total. The van der Waals surface area contributed by atoms with Gasteiger partial charge in [-0.05, 0) is 5.92 Å². The van der Waals surface area contributed by atoms with Crippen LogP contribution in [0.4, 0.5) is 0 Å². The summed E-state index contributed by atoms with van der Waals surface area (Å²) in [6.45, 7) is 3.24. The third-order valence-electron chi connectivity index (χ3n) is 1.80. The zero-order chi connectivity index (χ0) is 6.85. The SMILES string of the molecule is C[C@@H]1CNC[C@@H](O)[C@H]1O.Cl. The maximum Gasteiger partial charge on any atom is 0.0926 e. The smallest absolute Gasteiger partial charge is 0.0926 e. The van der Waals surface area contributed by atoms with Crippen molar-refractivity contribution in [2.75, 3.05) is 13.1 Å². The minimum Gasteiger partial charge on any atom is -0.390 e. The first-order valence-corrected chi connectivity index (χ1v) is 3.28. The van der Waals surface area contributed by atoms with Crippen LogP contribution in [0.5, 0.6) is 0 Å². The molecule has 62 valence electrons. The van der Waals surface area contributed by atoms with Gasteiger partial charge in [0, 0.05) is 13.1 Å². The fourth-order valence-electron chi connectivity index (χ4n) is 1.08. The van der Waals surface area contributed by atoms with Crippen molar-refractivity contribution >= 4 is 12.4 Å². The van der Waals surface area contributed by atoms with Gasteiger partial charge in [-0.25, -0.2) is 0 Å². The molecule has 1 aliphatic rings. The summed E-state index contributed by atoms with van der Waals surface area (Å²) in [4.78, 5) is 0. The second-order valence-corrected chi connectivity index (χ2v) is 2.69. The summed E-state index contributed by atoms with van der Waals surface area (Å²) >= 11 is 0. The van der Waals surface area contributed by atoms with E-state index in [4.69, 9.17) is 10.2 Å². The van der Waals surface area contributed by atoms with Gasteiger partial charge >= 0.3 is 0 Å². The lowest BCUT2D eigenvalue weighted by molar-refractivity contribution is -0.0295. The van der Waals surface area contributed by atoms with Crippen molar-refractivity contribution in [1.82, 2.24) is 5.32 Å². The third-order valence-corrected chi connectivity index (χ3v) is 1.80. The highest BCUT2D eigenvalue weighted by atomic mass is 35.5. The van der Waals surface area contributed by atoms with Crippen LogP contribution in [0.3, 0.4) is 0 Å². The number of piperidine rings is 1. The lowest BCUT2D eigenvalue weighted by Gasteiger charge is -2.29. The first kappa shape index (κ1) is 10.2. The Morgan fingerprint density at radius 1 is 1.30 bits per heavy atom. The van der Waals surface area contributed by atoms with Crippen molar-refractivity contribution < 1.29 is 10.2 Å². The minimum atomic E-state index is -0.575. The Morgan fingerprint density at radius 2 is 1.90 bits per heavy atom. The molecule has 0 radical (unpaired) electrons. The Morgan fingerprint density at radius 3 is 2.30 bits per heavy atom. The average molecular weight is 168 g/mol. The number of hydrogen-bond donors (Lipinski definition) is 3. The molecular formula is C6H14ClNO2. The minimum absolute atomic E-state index is 0. The molecule has 3 atom stereocenters. The van der Waals surface area contributed by atoms with E-state index in [0.29, 0.717) is 6.54 Å². The normalized spacial score (nSPS) is 40.5. The van der Waals surface area contributed by atoms with Gasteiger partial charge in [0.1, 0.15) is 0 Å². The van der Waals surface area contributed by atoms with E-state index in [-0.39, 0.29) is 18.3 Å². The van der Waals surface area contributed by atoms with Crippen molar-refractivity contribution in [3.05, 3.63) is 0 Å². The highest BCUT2D eigenvalue weighted by molar-refractivity contribution is 5.85. The zero-order valence-electron chi connectivity index (χ0n) is 5.95. The molecule has 0 bridgehead atoms. The Kier molecular flexibility index (Phi) is 4.20. The predicted molar refractivity (Wildman–Crippen MR) is 41.3 cm³/mol. The second-order valence-electron chi connectivity index (χ2n) is 2.69. The van der Waals surface area contributed by atoms with E-state index >= 15 is 0 Å². The van der Waals surface area contributed by atoms with E-state index in [9.17, 15) is 0 Å². The average Bonchev–Trinajstić information content (AvgIpc) is 1.83. The lowest BCUT2D eigenvalue weighted by atomic mass is 9.96. The number of β-amino-alcohol motifs (C(OH)–C–C–N with tert-alkyl or cyclic N) is 1. The molecule has 0 spiro atoms. The number of nitrogens with one attached hydrogen (secondary N) is 1. The van der Waals surface area contributed by atoms with Gasteiger partial charge in [-0.15, -0.1) is 12.4 Å². The molecule has 0 aliphatic carbocycles. The highest BCUT2D eigenvalue weighted by Crippen LogP contribution is 2.09. The Labute approximate surface area is 66.8 Å². The summed E-state index contributed by atoms with van der Waals surface area (Å²) in [5.41, 5.74) is 0. The molecule has 0 aromatic heterocycles. The van der Waals surface area contributed by atoms with E-state index in [1.54, 1.807) is 0 Å². The van der Waals surface area contributed by atoms with Crippen molar-refractivity contribution in [2.45, 2.75) is 19.1 Å². The number of aliphatic hydroxyl groups excluding tert-OH is 2. The van der Waals surface area contributed by atoms with Crippen LogP contribution in [-0.2, 0) is 0 Å². The van der Waals surface area contributed by atoms with Crippen molar-refractivity contribution in [1.29, 1.82) is 0 Å². The quantitative estimate of drug-likeness (QED) is 0.451. The first-order chi connectivity index (χ1) is 4.22. The van der Waals surface area contributed by atoms with Crippen LogP contribution in [0, 0.1) is 5.92 Å². The number of halogens is 1. The zero-order valence-corrected chi connectivity index (χ0v) is 6.77. The predicted octanol–water partition coefficient (Wildman–Crippen LogP) is -0.631. The molecule has 0 unspecified atom stereocenters. The maximum absolute atomic E-state index is 9.16. The summed E-state index contributed by atoms with van der Waals surface area (Å²) < 4.78 is 0. The molecule has 1 aliphatic heterocycles. The van der Waals surface area contributed by atoms with Crippen molar-refractivity contribution in [2.24, 2.45) is 5.92 Å². The van der Waals surface area contributed by atoms with Gasteiger partial charge in [0.15, 0.2) is 0 Å². The summed E-state index contributed by atoms with van der Waals surface area (Å²) in [6.07, 6.45) is -1.11. The largest absolute Gasteiger partial charge is 0.390 e. The third kappa shape index (κ3) is 2.09. The first-order valence-electron chi connectivity index (χ1n) is 3.28. The number of rotatable bonds is 0. The molecule has 1 saturated heterocycles. The number of hydrogen-bond acceptors (Lipinski definition) is 3. The Bertz CT molecular complexity index is 91.7. The molecule has 0 aromatic carbocycles. The van der Waals surface area contributed by atoms with Gasteiger partial charge in [-0.3, -0.25) is 0 Å². The molecule has 3 N–H and O–H groups in total. The second kappa shape index (κ2) is 4.13. The van der Waals surface area contributed by atoms with Crippen molar-refractivity contribution in [3.8, 4) is 0 Å². The molecule has 1 rings (SSSR count). The fourth-order valence-corrected chi connectivity index (χ4v) is 1.08. The Balaban J connectivity index is 0.000000810. The van der Waals surface area contributed by atoms with E-state index in [1.165, 1.54) is 0 Å². The van der Waals surface area contributed by atoms with Gasteiger partial charge < -0.3 is 15.5 Å². The fraction of sp³-hybridized carbons (Fsp3) is 1.00. The van der Waals surface area contributed by atoms with Gasteiger partial charge in [0.25, 0.3) is 0 Å². The molecule has 1 fully saturated rings. The topological polar surface area (TPSA) is 52.5 Å². The van der Waals surface area contributed by atoms with Gasteiger partial charge in [-0.1, -0.05) is 6.92 Å². The van der Waals surface area contributed by atoms with Crippen LogP contribution in [0.25, 0.3) is 0 Å². The maximum atomic E-state index is 9.16. The highest BCUT2D eigenvalue weighted by Gasteiger charge is 2.26.